The molecule has 9 heteroatoms. The van der Waals surface area contributed by atoms with Crippen molar-refractivity contribution in [2.24, 2.45) is 0 Å². The van der Waals surface area contributed by atoms with E-state index < -0.39 is 0 Å². The molecular weight excluding hydrogens is 408 g/mol. The molecule has 2 amide bonds. The van der Waals surface area contributed by atoms with Crippen LogP contribution in [0.1, 0.15) is 36.5 Å². The molecular formula is C21H27ClN4O4. The van der Waals surface area contributed by atoms with Gasteiger partial charge in [0, 0.05) is 18.7 Å². The smallest absolute Gasteiger partial charge is 0.260 e. The van der Waals surface area contributed by atoms with E-state index in [0.29, 0.717) is 35.2 Å². The van der Waals surface area contributed by atoms with Gasteiger partial charge in [-0.05, 0) is 56.5 Å². The van der Waals surface area contributed by atoms with E-state index >= 15 is 0 Å². The number of ether oxygens (including phenoxy) is 2. The largest absolute Gasteiger partial charge is 0.490 e. The molecule has 0 atom stereocenters. The van der Waals surface area contributed by atoms with E-state index in [2.05, 4.69) is 10.3 Å². The van der Waals surface area contributed by atoms with Crippen LogP contribution >= 0.6 is 12.4 Å². The number of nitrogens with zero attached hydrogens (tertiary/aromatic N) is 2. The first kappa shape index (κ1) is 23.3. The van der Waals surface area contributed by atoms with Crippen molar-refractivity contribution in [3.8, 4) is 11.5 Å². The first-order chi connectivity index (χ1) is 14.1. The summed E-state index contributed by atoms with van der Waals surface area (Å²) < 4.78 is 11.3. The Bertz CT molecular complexity index is 855. The maximum atomic E-state index is 12.5. The molecule has 2 heterocycles. The normalized spacial score (nSPS) is 13.2. The highest BCUT2D eigenvalue weighted by Gasteiger charge is 2.18. The summed E-state index contributed by atoms with van der Waals surface area (Å²) in [5.74, 6) is 0.880. The highest BCUT2D eigenvalue weighted by atomic mass is 35.5. The lowest BCUT2D eigenvalue weighted by molar-refractivity contribution is -0.134. The Balaban J connectivity index is 0.00000320. The van der Waals surface area contributed by atoms with E-state index in [4.69, 9.17) is 15.2 Å². The molecule has 0 unspecified atom stereocenters. The summed E-state index contributed by atoms with van der Waals surface area (Å²) >= 11 is 0. The van der Waals surface area contributed by atoms with E-state index in [1.165, 1.54) is 6.20 Å². The van der Waals surface area contributed by atoms with Gasteiger partial charge < -0.3 is 25.4 Å². The van der Waals surface area contributed by atoms with Gasteiger partial charge in [-0.25, -0.2) is 4.98 Å². The van der Waals surface area contributed by atoms with Gasteiger partial charge in [0.2, 0.25) is 0 Å². The Hall–Kier alpha value is -3.00. The van der Waals surface area contributed by atoms with Crippen molar-refractivity contribution in [3.05, 3.63) is 42.1 Å². The minimum absolute atomic E-state index is 0. The van der Waals surface area contributed by atoms with E-state index in [1.54, 1.807) is 30.3 Å². The number of benzene rings is 1. The fraction of sp³-hybridized carbons (Fsp3) is 0.381. The number of likely N-dealkylation sites (tertiary alicyclic amines) is 1. The lowest BCUT2D eigenvalue weighted by Gasteiger charge is -2.26. The van der Waals surface area contributed by atoms with E-state index in [-0.39, 0.29) is 30.8 Å². The van der Waals surface area contributed by atoms with Crippen LogP contribution in [-0.4, -0.2) is 48.0 Å². The Morgan fingerprint density at radius 3 is 2.53 bits per heavy atom. The quantitative estimate of drug-likeness (QED) is 0.693. The molecule has 1 saturated heterocycles. The van der Waals surface area contributed by atoms with Crippen LogP contribution in [0.4, 0.5) is 11.5 Å². The van der Waals surface area contributed by atoms with Crippen LogP contribution in [0.5, 0.6) is 11.5 Å². The predicted octanol–water partition coefficient (Wildman–Crippen LogP) is 3.13. The van der Waals surface area contributed by atoms with Gasteiger partial charge >= 0.3 is 0 Å². The molecule has 0 aliphatic carbocycles. The van der Waals surface area contributed by atoms with Gasteiger partial charge in [-0.15, -0.1) is 12.4 Å². The number of carbonyl (C=O) groups excluding carboxylic acids is 2. The second kappa shape index (κ2) is 11.3. The number of hydrogen-bond donors (Lipinski definition) is 2. The van der Waals surface area contributed by atoms with Crippen molar-refractivity contribution in [1.82, 2.24) is 9.88 Å². The van der Waals surface area contributed by atoms with Gasteiger partial charge in [0.25, 0.3) is 11.8 Å². The van der Waals surface area contributed by atoms with Gasteiger partial charge in [-0.2, -0.15) is 0 Å². The maximum absolute atomic E-state index is 12.5. The third kappa shape index (κ3) is 6.25. The monoisotopic (exact) mass is 434 g/mol. The van der Waals surface area contributed by atoms with Gasteiger partial charge in [0.1, 0.15) is 5.82 Å². The molecule has 1 aromatic carbocycles. The molecule has 8 nitrogen and oxygen atoms in total. The molecule has 0 saturated carbocycles. The summed E-state index contributed by atoms with van der Waals surface area (Å²) in [5.41, 5.74) is 6.49. The Morgan fingerprint density at radius 1 is 1.10 bits per heavy atom. The molecule has 1 fully saturated rings. The van der Waals surface area contributed by atoms with Crippen LogP contribution in [0, 0.1) is 0 Å². The molecule has 1 aromatic heterocycles. The number of nitrogen functional groups attached to an aromatic ring is 1. The van der Waals surface area contributed by atoms with Crippen LogP contribution < -0.4 is 20.5 Å². The van der Waals surface area contributed by atoms with Crippen molar-refractivity contribution in [3.63, 3.8) is 0 Å². The highest BCUT2D eigenvalue weighted by Crippen LogP contribution is 2.29. The number of carbonyl (C=O) groups is 2. The van der Waals surface area contributed by atoms with Crippen LogP contribution in [0.2, 0.25) is 0 Å². The standard InChI is InChI=1S/C21H26N4O4.ClH/c1-2-28-18-12-15(21(27)24-16-7-9-19(22)23-13-16)6-8-17(18)29-14-20(26)25-10-4-3-5-11-25;/h6-9,12-13H,2-5,10-11,14H2,1H3,(H2,22,23)(H,24,27);1H. The molecule has 0 spiro atoms. The minimum atomic E-state index is -0.312. The summed E-state index contributed by atoms with van der Waals surface area (Å²) in [6.45, 7) is 3.75. The Morgan fingerprint density at radius 2 is 1.87 bits per heavy atom. The molecule has 0 radical (unpaired) electrons. The summed E-state index contributed by atoms with van der Waals surface area (Å²) in [6.07, 6.45) is 4.71. The number of nitrogens with two attached hydrogens (primary N) is 1. The first-order valence-corrected chi connectivity index (χ1v) is 9.77. The number of halogens is 1. The predicted molar refractivity (Wildman–Crippen MR) is 117 cm³/mol. The molecule has 0 bridgehead atoms. The summed E-state index contributed by atoms with van der Waals surface area (Å²) in [5, 5.41) is 2.75. The minimum Gasteiger partial charge on any atom is -0.490 e. The average molecular weight is 435 g/mol. The zero-order chi connectivity index (χ0) is 20.6. The van der Waals surface area contributed by atoms with Crippen LogP contribution in [0.25, 0.3) is 0 Å². The number of aromatic nitrogens is 1. The number of piperidine rings is 1. The zero-order valence-electron chi connectivity index (χ0n) is 16.9. The SMILES string of the molecule is CCOc1cc(C(=O)Nc2ccc(N)nc2)ccc1OCC(=O)N1CCCCC1.Cl. The third-order valence-corrected chi connectivity index (χ3v) is 4.61. The van der Waals surface area contributed by atoms with Crippen molar-refractivity contribution >= 4 is 35.7 Å². The van der Waals surface area contributed by atoms with Crippen LogP contribution in [-0.2, 0) is 4.79 Å². The van der Waals surface area contributed by atoms with Gasteiger partial charge in [-0.1, -0.05) is 0 Å². The third-order valence-electron chi connectivity index (χ3n) is 4.61. The van der Waals surface area contributed by atoms with E-state index in [9.17, 15) is 9.59 Å². The van der Waals surface area contributed by atoms with E-state index in [1.807, 2.05) is 11.8 Å². The van der Waals surface area contributed by atoms with Gasteiger partial charge in [0.05, 0.1) is 18.5 Å². The van der Waals surface area contributed by atoms with Crippen LogP contribution in [0.15, 0.2) is 36.5 Å². The molecule has 1 aliphatic heterocycles. The lowest BCUT2D eigenvalue weighted by Crippen LogP contribution is -2.38. The maximum Gasteiger partial charge on any atom is 0.260 e. The molecule has 2 aromatic rings. The molecule has 3 rings (SSSR count). The number of amides is 2. The number of hydrogen-bond acceptors (Lipinski definition) is 6. The number of rotatable bonds is 7. The number of nitrogens with one attached hydrogen (secondary N) is 1. The molecule has 1 aliphatic rings. The Labute approximate surface area is 182 Å². The number of pyridine rings is 1. The van der Waals surface area contributed by atoms with Crippen molar-refractivity contribution in [2.75, 3.05) is 37.4 Å². The average Bonchev–Trinajstić information content (AvgIpc) is 2.75. The molecule has 30 heavy (non-hydrogen) atoms. The molecule has 162 valence electrons. The first-order valence-electron chi connectivity index (χ1n) is 9.77. The molecule has 3 N–H and O–H groups in total. The second-order valence-electron chi connectivity index (χ2n) is 6.75. The van der Waals surface area contributed by atoms with Gasteiger partial charge in [0.15, 0.2) is 18.1 Å². The summed E-state index contributed by atoms with van der Waals surface area (Å²) in [4.78, 5) is 30.6. The summed E-state index contributed by atoms with van der Waals surface area (Å²) in [6, 6.07) is 8.16. The summed E-state index contributed by atoms with van der Waals surface area (Å²) in [7, 11) is 0. The number of anilines is 2. The highest BCUT2D eigenvalue weighted by molar-refractivity contribution is 6.04. The van der Waals surface area contributed by atoms with E-state index in [0.717, 1.165) is 32.4 Å². The zero-order valence-corrected chi connectivity index (χ0v) is 17.7. The fourth-order valence-corrected chi connectivity index (χ4v) is 3.09. The topological polar surface area (TPSA) is 107 Å². The van der Waals surface area contributed by atoms with Crippen molar-refractivity contribution in [1.29, 1.82) is 0 Å². The fourth-order valence-electron chi connectivity index (χ4n) is 3.09. The van der Waals surface area contributed by atoms with Crippen molar-refractivity contribution < 1.29 is 19.1 Å². The lowest BCUT2D eigenvalue weighted by atomic mass is 10.1. The van der Waals surface area contributed by atoms with Crippen LogP contribution in [0.3, 0.4) is 0 Å². The Kier molecular flexibility index (Phi) is 8.73. The van der Waals surface area contributed by atoms with Gasteiger partial charge in [-0.3, -0.25) is 9.59 Å². The van der Waals surface area contributed by atoms with Crippen molar-refractivity contribution in [2.45, 2.75) is 26.2 Å². The second-order valence-corrected chi connectivity index (χ2v) is 6.75.